The number of benzene rings is 1. The van der Waals surface area contributed by atoms with Gasteiger partial charge in [0.25, 0.3) is 0 Å². The maximum Gasteiger partial charge on any atom is 0.363 e. The van der Waals surface area contributed by atoms with E-state index in [-0.39, 0.29) is 12.4 Å². The molecule has 0 atom stereocenters. The van der Waals surface area contributed by atoms with Crippen molar-refractivity contribution in [2.45, 2.75) is 6.61 Å². The molecule has 122 valence electrons. The van der Waals surface area contributed by atoms with Gasteiger partial charge in [-0.15, -0.1) is 0 Å². The Morgan fingerprint density at radius 3 is 2.68 bits per heavy atom. The molecule has 0 N–H and O–H groups in total. The van der Waals surface area contributed by atoms with Gasteiger partial charge in [-0.3, -0.25) is 4.98 Å². The molecule has 0 saturated heterocycles. The highest BCUT2D eigenvalue weighted by molar-refractivity contribution is 5.63. The Bertz CT molecular complexity index is 949. The Balaban J connectivity index is 1.77. The van der Waals surface area contributed by atoms with Crippen molar-refractivity contribution in [2.24, 2.45) is 0 Å². The summed E-state index contributed by atoms with van der Waals surface area (Å²) in [5, 5.41) is 19.8. The highest BCUT2D eigenvalue weighted by atomic mass is 16.6. The van der Waals surface area contributed by atoms with Gasteiger partial charge in [0.15, 0.2) is 0 Å². The van der Waals surface area contributed by atoms with Crippen LogP contribution < -0.4 is 4.74 Å². The van der Waals surface area contributed by atoms with E-state index in [0.29, 0.717) is 16.9 Å². The summed E-state index contributed by atoms with van der Waals surface area (Å²) in [6, 6.07) is 14.0. The van der Waals surface area contributed by atoms with E-state index in [1.54, 1.807) is 36.7 Å². The first-order valence-electron chi connectivity index (χ1n) is 7.34. The Hall–Kier alpha value is -3.79. The van der Waals surface area contributed by atoms with Crippen molar-refractivity contribution in [1.82, 2.24) is 9.97 Å². The quantitative estimate of drug-likeness (QED) is 0.523. The van der Waals surface area contributed by atoms with Gasteiger partial charge in [0, 0.05) is 29.0 Å². The van der Waals surface area contributed by atoms with Crippen molar-refractivity contribution >= 4 is 5.82 Å². The van der Waals surface area contributed by atoms with Crippen molar-refractivity contribution in [3.8, 4) is 22.9 Å². The molecule has 0 fully saturated rings. The van der Waals surface area contributed by atoms with E-state index in [0.717, 1.165) is 11.1 Å². The van der Waals surface area contributed by atoms with Crippen LogP contribution in [0.4, 0.5) is 5.82 Å². The highest BCUT2D eigenvalue weighted by Crippen LogP contribution is 2.24. The van der Waals surface area contributed by atoms with E-state index >= 15 is 0 Å². The second-order valence-corrected chi connectivity index (χ2v) is 5.13. The van der Waals surface area contributed by atoms with Crippen molar-refractivity contribution in [2.75, 3.05) is 0 Å². The van der Waals surface area contributed by atoms with Crippen LogP contribution in [0.5, 0.6) is 5.75 Å². The number of nitrogens with zero attached hydrogens (tertiary/aromatic N) is 4. The molecule has 0 saturated carbocycles. The highest BCUT2D eigenvalue weighted by Gasteiger charge is 2.09. The minimum absolute atomic E-state index is 0.211. The molecule has 2 heterocycles. The molecule has 0 aliphatic carbocycles. The molecule has 0 radical (unpaired) electrons. The topological polar surface area (TPSA) is 102 Å². The van der Waals surface area contributed by atoms with Crippen molar-refractivity contribution in [3.63, 3.8) is 0 Å². The summed E-state index contributed by atoms with van der Waals surface area (Å²) in [6.07, 6.45) is 4.61. The smallest absolute Gasteiger partial charge is 0.363 e. The summed E-state index contributed by atoms with van der Waals surface area (Å²) in [5.41, 5.74) is 2.77. The Kier molecular flexibility index (Phi) is 4.62. The fourth-order valence-corrected chi connectivity index (χ4v) is 2.24. The molecule has 0 spiro atoms. The van der Waals surface area contributed by atoms with E-state index in [4.69, 9.17) is 10.00 Å². The lowest BCUT2D eigenvalue weighted by Crippen LogP contribution is -1.98. The number of nitriles is 1. The summed E-state index contributed by atoms with van der Waals surface area (Å²) >= 11 is 0. The van der Waals surface area contributed by atoms with Gasteiger partial charge in [-0.2, -0.15) is 5.26 Å². The summed E-state index contributed by atoms with van der Waals surface area (Å²) in [4.78, 5) is 18.0. The molecular formula is C18H12N4O3. The van der Waals surface area contributed by atoms with Gasteiger partial charge in [-0.25, -0.2) is 0 Å². The largest absolute Gasteiger partial charge is 0.487 e. The van der Waals surface area contributed by atoms with Crippen LogP contribution in [0.3, 0.4) is 0 Å². The second kappa shape index (κ2) is 7.19. The molecule has 0 bridgehead atoms. The lowest BCUT2D eigenvalue weighted by molar-refractivity contribution is -0.389. The van der Waals surface area contributed by atoms with Crippen LogP contribution in [0.15, 0.2) is 61.1 Å². The van der Waals surface area contributed by atoms with Crippen LogP contribution in [-0.4, -0.2) is 14.9 Å². The molecule has 0 aliphatic heterocycles. The zero-order chi connectivity index (χ0) is 17.6. The standard InChI is InChI=1S/C18H12N4O3/c19-8-13-3-1-2-4-15(13)12-25-17-7-16(9-20-11-17)14-5-6-18(21-10-14)22(23)24/h1-7,9-11H,12H2. The molecule has 3 aromatic rings. The second-order valence-electron chi connectivity index (χ2n) is 5.13. The lowest BCUT2D eigenvalue weighted by Gasteiger charge is -2.08. The molecule has 0 amide bonds. The first-order chi connectivity index (χ1) is 12.2. The zero-order valence-electron chi connectivity index (χ0n) is 13.0. The van der Waals surface area contributed by atoms with Gasteiger partial charge >= 0.3 is 5.82 Å². The van der Waals surface area contributed by atoms with Gasteiger partial charge in [-0.05, 0) is 28.1 Å². The number of aromatic nitrogens is 2. The third-order valence-electron chi connectivity index (χ3n) is 3.51. The van der Waals surface area contributed by atoms with Gasteiger partial charge in [-0.1, -0.05) is 18.2 Å². The average molecular weight is 332 g/mol. The van der Waals surface area contributed by atoms with Crippen molar-refractivity contribution < 1.29 is 9.66 Å². The SMILES string of the molecule is N#Cc1ccccc1COc1cncc(-c2ccc([N+](=O)[O-])nc2)c1. The number of rotatable bonds is 5. The predicted molar refractivity (Wildman–Crippen MR) is 89.6 cm³/mol. The molecular weight excluding hydrogens is 320 g/mol. The molecule has 2 aromatic heterocycles. The third kappa shape index (κ3) is 3.76. The number of hydrogen-bond acceptors (Lipinski definition) is 6. The van der Waals surface area contributed by atoms with Crippen LogP contribution in [0, 0.1) is 21.4 Å². The van der Waals surface area contributed by atoms with Crippen LogP contribution in [-0.2, 0) is 6.61 Å². The molecule has 0 aliphatic rings. The Morgan fingerprint density at radius 1 is 1.12 bits per heavy atom. The number of ether oxygens (including phenoxy) is 1. The van der Waals surface area contributed by atoms with E-state index in [9.17, 15) is 10.1 Å². The molecule has 7 heteroatoms. The van der Waals surface area contributed by atoms with Crippen LogP contribution in [0.2, 0.25) is 0 Å². The zero-order valence-corrected chi connectivity index (χ0v) is 13.0. The first kappa shape index (κ1) is 16.1. The van der Waals surface area contributed by atoms with E-state index < -0.39 is 4.92 Å². The fraction of sp³-hybridized carbons (Fsp3) is 0.0556. The van der Waals surface area contributed by atoms with Crippen LogP contribution in [0.1, 0.15) is 11.1 Å². The molecule has 1 aromatic carbocycles. The Morgan fingerprint density at radius 2 is 1.96 bits per heavy atom. The monoisotopic (exact) mass is 332 g/mol. The minimum Gasteiger partial charge on any atom is -0.487 e. The summed E-state index contributed by atoms with van der Waals surface area (Å²) in [5.74, 6) is 0.320. The minimum atomic E-state index is -0.547. The average Bonchev–Trinajstić information content (AvgIpc) is 2.67. The maximum absolute atomic E-state index is 10.7. The molecule has 7 nitrogen and oxygen atoms in total. The summed E-state index contributed by atoms with van der Waals surface area (Å²) < 4.78 is 5.72. The van der Waals surface area contributed by atoms with Crippen LogP contribution in [0.25, 0.3) is 11.1 Å². The maximum atomic E-state index is 10.7. The third-order valence-corrected chi connectivity index (χ3v) is 3.51. The van der Waals surface area contributed by atoms with Gasteiger partial charge in [0.2, 0.25) is 0 Å². The predicted octanol–water partition coefficient (Wildman–Crippen LogP) is 3.50. The van der Waals surface area contributed by atoms with E-state index in [1.165, 1.54) is 12.3 Å². The van der Waals surface area contributed by atoms with E-state index in [1.807, 2.05) is 12.1 Å². The Labute approximate surface area is 143 Å². The molecule has 3 rings (SSSR count). The number of nitro groups is 1. The molecule has 25 heavy (non-hydrogen) atoms. The fourth-order valence-electron chi connectivity index (χ4n) is 2.24. The van der Waals surface area contributed by atoms with Crippen LogP contribution >= 0.6 is 0 Å². The van der Waals surface area contributed by atoms with E-state index in [2.05, 4.69) is 16.0 Å². The normalized spacial score (nSPS) is 10.0. The van der Waals surface area contributed by atoms with Gasteiger partial charge in [0.05, 0.1) is 17.8 Å². The summed E-state index contributed by atoms with van der Waals surface area (Å²) in [6.45, 7) is 0.243. The van der Waals surface area contributed by atoms with Crippen molar-refractivity contribution in [3.05, 3.63) is 82.3 Å². The first-order valence-corrected chi connectivity index (χ1v) is 7.34. The molecule has 0 unspecified atom stereocenters. The summed E-state index contributed by atoms with van der Waals surface area (Å²) in [7, 11) is 0. The van der Waals surface area contributed by atoms with Gasteiger partial charge in [0.1, 0.15) is 18.6 Å². The number of pyridine rings is 2. The van der Waals surface area contributed by atoms with Gasteiger partial charge < -0.3 is 14.9 Å². The lowest BCUT2D eigenvalue weighted by atomic mass is 10.1. The van der Waals surface area contributed by atoms with Crippen molar-refractivity contribution in [1.29, 1.82) is 5.26 Å². The number of hydrogen-bond donors (Lipinski definition) is 0.